The van der Waals surface area contributed by atoms with Gasteiger partial charge in [0.15, 0.2) is 11.5 Å². The molecule has 0 aliphatic heterocycles. The molecule has 1 heterocycles. The highest BCUT2D eigenvalue weighted by molar-refractivity contribution is 6.06. The molecule has 0 aliphatic rings. The van der Waals surface area contributed by atoms with Gasteiger partial charge in [0.1, 0.15) is 0 Å². The van der Waals surface area contributed by atoms with Crippen molar-refractivity contribution in [3.63, 3.8) is 0 Å². The number of carbonyl (C=O) groups is 1. The van der Waals surface area contributed by atoms with Crippen LogP contribution in [0.2, 0.25) is 0 Å². The number of fused-ring (bicyclic) bond motifs is 1. The first-order valence-corrected chi connectivity index (χ1v) is 8.24. The highest BCUT2D eigenvalue weighted by Gasteiger charge is 2.11. The van der Waals surface area contributed by atoms with E-state index >= 15 is 0 Å². The zero-order valence-electron chi connectivity index (χ0n) is 14.6. The maximum atomic E-state index is 12.5. The van der Waals surface area contributed by atoms with Crippen molar-refractivity contribution in [3.8, 4) is 11.5 Å². The first kappa shape index (κ1) is 17.4. The molecule has 0 radical (unpaired) electrons. The summed E-state index contributed by atoms with van der Waals surface area (Å²) in [6, 6.07) is 14.1. The molecule has 3 rings (SSSR count). The van der Waals surface area contributed by atoms with E-state index in [2.05, 4.69) is 15.5 Å². The number of hydrogen-bond acceptors (Lipinski definition) is 5. The summed E-state index contributed by atoms with van der Waals surface area (Å²) >= 11 is 0. The van der Waals surface area contributed by atoms with E-state index < -0.39 is 0 Å². The Bertz CT molecular complexity index is 983. The highest BCUT2D eigenvalue weighted by atomic mass is 16.5. The number of phenolic OH excluding ortho intramolecular Hbond substituents is 1. The molecular weight excluding hydrogens is 330 g/mol. The van der Waals surface area contributed by atoms with Gasteiger partial charge in [-0.1, -0.05) is 18.2 Å². The van der Waals surface area contributed by atoms with Crippen molar-refractivity contribution >= 4 is 23.0 Å². The third kappa shape index (κ3) is 3.80. The zero-order valence-corrected chi connectivity index (χ0v) is 14.6. The molecule has 26 heavy (non-hydrogen) atoms. The van der Waals surface area contributed by atoms with E-state index in [1.165, 1.54) is 12.3 Å². The Morgan fingerprint density at radius 3 is 2.88 bits per heavy atom. The maximum Gasteiger partial charge on any atom is 0.272 e. The van der Waals surface area contributed by atoms with Crippen LogP contribution in [0.15, 0.2) is 53.6 Å². The number of pyridine rings is 1. The van der Waals surface area contributed by atoms with Crippen LogP contribution in [-0.4, -0.2) is 28.8 Å². The quantitative estimate of drug-likeness (QED) is 0.546. The Balaban J connectivity index is 1.79. The molecule has 1 amide bonds. The summed E-state index contributed by atoms with van der Waals surface area (Å²) in [7, 11) is 0. The largest absolute Gasteiger partial charge is 0.504 e. The van der Waals surface area contributed by atoms with Crippen LogP contribution in [0, 0.1) is 6.92 Å². The summed E-state index contributed by atoms with van der Waals surface area (Å²) in [6.45, 7) is 4.12. The van der Waals surface area contributed by atoms with Crippen molar-refractivity contribution in [1.82, 2.24) is 10.4 Å². The molecule has 0 fully saturated rings. The van der Waals surface area contributed by atoms with Crippen LogP contribution < -0.4 is 10.2 Å². The van der Waals surface area contributed by atoms with Crippen LogP contribution >= 0.6 is 0 Å². The Hall–Kier alpha value is -3.41. The smallest absolute Gasteiger partial charge is 0.272 e. The summed E-state index contributed by atoms with van der Waals surface area (Å²) in [5, 5.41) is 14.5. The molecular formula is C20H19N3O3. The number of hydrazone groups is 1. The van der Waals surface area contributed by atoms with Crippen LogP contribution in [0.4, 0.5) is 0 Å². The van der Waals surface area contributed by atoms with Crippen molar-refractivity contribution in [3.05, 3.63) is 65.4 Å². The molecule has 2 aromatic carbocycles. The van der Waals surface area contributed by atoms with E-state index in [9.17, 15) is 9.90 Å². The third-order valence-corrected chi connectivity index (χ3v) is 3.75. The van der Waals surface area contributed by atoms with Gasteiger partial charge in [0.05, 0.1) is 23.9 Å². The monoisotopic (exact) mass is 349 g/mol. The van der Waals surface area contributed by atoms with Gasteiger partial charge >= 0.3 is 0 Å². The number of ether oxygens (including phenoxy) is 1. The molecule has 0 unspecified atom stereocenters. The molecule has 0 saturated carbocycles. The first-order valence-electron chi connectivity index (χ1n) is 8.24. The average Bonchev–Trinajstić information content (AvgIpc) is 2.63. The number of carbonyl (C=O) groups excluding carboxylic acids is 1. The van der Waals surface area contributed by atoms with Crippen molar-refractivity contribution in [1.29, 1.82) is 0 Å². The van der Waals surface area contributed by atoms with Crippen LogP contribution in [0.25, 0.3) is 10.9 Å². The molecule has 132 valence electrons. The third-order valence-electron chi connectivity index (χ3n) is 3.75. The van der Waals surface area contributed by atoms with Gasteiger partial charge in [-0.2, -0.15) is 5.10 Å². The number of benzene rings is 2. The maximum absolute atomic E-state index is 12.5. The molecule has 6 heteroatoms. The number of hydrogen-bond donors (Lipinski definition) is 2. The second-order valence-electron chi connectivity index (χ2n) is 5.69. The van der Waals surface area contributed by atoms with Crippen LogP contribution in [0.1, 0.15) is 28.5 Å². The van der Waals surface area contributed by atoms with E-state index in [-0.39, 0.29) is 11.7 Å². The standard InChI is InChI=1S/C20H19N3O3/c1-3-26-19-11-14(8-9-18(19)24)12-21-23-20(25)16-10-13(2)22-17-7-5-4-6-15(16)17/h4-12,24H,3H2,1-2H3,(H,23,25)/b21-12+. The number of phenols is 1. The molecule has 0 bridgehead atoms. The van der Waals surface area contributed by atoms with E-state index in [0.29, 0.717) is 23.5 Å². The number of nitrogens with zero attached hydrogens (tertiary/aromatic N) is 2. The predicted molar refractivity (Wildman–Crippen MR) is 101 cm³/mol. The lowest BCUT2D eigenvalue weighted by Gasteiger charge is -2.07. The number of aromatic nitrogens is 1. The number of rotatable bonds is 5. The molecule has 0 atom stereocenters. The number of aryl methyl sites for hydroxylation is 1. The fourth-order valence-electron chi connectivity index (χ4n) is 2.60. The van der Waals surface area contributed by atoms with E-state index in [4.69, 9.17) is 4.74 Å². The molecule has 3 aromatic rings. The minimum atomic E-state index is -0.313. The van der Waals surface area contributed by atoms with E-state index in [0.717, 1.165) is 16.6 Å². The minimum absolute atomic E-state index is 0.0618. The van der Waals surface area contributed by atoms with Gasteiger partial charge in [-0.05, 0) is 49.7 Å². The molecule has 2 N–H and O–H groups in total. The Labute approximate surface area is 151 Å². The molecule has 0 aliphatic carbocycles. The van der Waals surface area contributed by atoms with Crippen molar-refractivity contribution in [2.24, 2.45) is 5.10 Å². The van der Waals surface area contributed by atoms with Gasteiger partial charge in [0, 0.05) is 11.1 Å². The first-order chi connectivity index (χ1) is 12.6. The van der Waals surface area contributed by atoms with Crippen molar-refractivity contribution in [2.45, 2.75) is 13.8 Å². The second kappa shape index (κ2) is 7.65. The van der Waals surface area contributed by atoms with Gasteiger partial charge in [-0.15, -0.1) is 0 Å². The summed E-state index contributed by atoms with van der Waals surface area (Å²) in [6.07, 6.45) is 1.50. The average molecular weight is 349 g/mol. The highest BCUT2D eigenvalue weighted by Crippen LogP contribution is 2.26. The molecule has 0 spiro atoms. The lowest BCUT2D eigenvalue weighted by Crippen LogP contribution is -2.18. The van der Waals surface area contributed by atoms with Gasteiger partial charge < -0.3 is 9.84 Å². The molecule has 6 nitrogen and oxygen atoms in total. The fourth-order valence-corrected chi connectivity index (χ4v) is 2.60. The lowest BCUT2D eigenvalue weighted by molar-refractivity contribution is 0.0956. The summed E-state index contributed by atoms with van der Waals surface area (Å²) in [5.41, 5.74) is 5.28. The molecule has 0 saturated heterocycles. The zero-order chi connectivity index (χ0) is 18.5. The topological polar surface area (TPSA) is 83.8 Å². The van der Waals surface area contributed by atoms with Crippen molar-refractivity contribution in [2.75, 3.05) is 6.61 Å². The summed E-state index contributed by atoms with van der Waals surface area (Å²) in [4.78, 5) is 16.9. The Morgan fingerprint density at radius 2 is 2.08 bits per heavy atom. The van der Waals surface area contributed by atoms with E-state index in [1.54, 1.807) is 18.2 Å². The van der Waals surface area contributed by atoms with Gasteiger partial charge in [-0.3, -0.25) is 9.78 Å². The van der Waals surface area contributed by atoms with Crippen LogP contribution in [0.5, 0.6) is 11.5 Å². The Kier molecular flexibility index (Phi) is 5.12. The minimum Gasteiger partial charge on any atom is -0.504 e. The summed E-state index contributed by atoms with van der Waals surface area (Å²) in [5.74, 6) is 0.122. The number of para-hydroxylation sites is 1. The van der Waals surface area contributed by atoms with Gasteiger partial charge in [0.2, 0.25) is 0 Å². The number of aromatic hydroxyl groups is 1. The SMILES string of the molecule is CCOc1cc(/C=N/NC(=O)c2cc(C)nc3ccccc23)ccc1O. The van der Waals surface area contributed by atoms with Gasteiger partial charge in [0.25, 0.3) is 5.91 Å². The number of nitrogens with one attached hydrogen (secondary N) is 1. The van der Waals surface area contributed by atoms with Crippen molar-refractivity contribution < 1.29 is 14.6 Å². The van der Waals surface area contributed by atoms with Gasteiger partial charge in [-0.25, -0.2) is 5.43 Å². The van der Waals surface area contributed by atoms with Crippen LogP contribution in [-0.2, 0) is 0 Å². The second-order valence-corrected chi connectivity index (χ2v) is 5.69. The van der Waals surface area contributed by atoms with Crippen LogP contribution in [0.3, 0.4) is 0 Å². The normalized spacial score (nSPS) is 11.0. The fraction of sp³-hybridized carbons (Fsp3) is 0.150. The Morgan fingerprint density at radius 1 is 1.27 bits per heavy atom. The van der Waals surface area contributed by atoms with E-state index in [1.807, 2.05) is 38.1 Å². The number of amides is 1. The summed E-state index contributed by atoms with van der Waals surface area (Å²) < 4.78 is 5.33. The predicted octanol–water partition coefficient (Wildman–Crippen LogP) is 3.41. The molecule has 1 aromatic heterocycles. The lowest BCUT2D eigenvalue weighted by atomic mass is 10.1.